The number of hydrogen-bond acceptors (Lipinski definition) is 4. The Morgan fingerprint density at radius 3 is 2.07 bits per heavy atom. The van der Waals surface area contributed by atoms with Gasteiger partial charge in [0.2, 0.25) is 0 Å². The molecule has 0 N–H and O–H groups in total. The average Bonchev–Trinajstić information content (AvgIpc) is 3.86. The van der Waals surface area contributed by atoms with Crippen molar-refractivity contribution in [2.45, 2.75) is 6.54 Å². The third kappa shape index (κ3) is 6.96. The molecule has 0 fully saturated rings. The van der Waals surface area contributed by atoms with Gasteiger partial charge in [-0.25, -0.2) is 9.98 Å². The third-order valence-corrected chi connectivity index (χ3v) is 10.7. The molecule has 0 aliphatic rings. The predicted molar refractivity (Wildman–Crippen MR) is 248 cm³/mol. The molecule has 0 aliphatic heterocycles. The third-order valence-electron chi connectivity index (χ3n) is 10.7. The summed E-state index contributed by atoms with van der Waals surface area (Å²) in [4.78, 5) is 14.4. The van der Waals surface area contributed by atoms with Crippen LogP contribution < -0.4 is 0 Å². The summed E-state index contributed by atoms with van der Waals surface area (Å²) in [5.74, 6) is 1.04. The molecule has 2 aromatic heterocycles. The minimum atomic E-state index is 0.436. The zero-order valence-corrected chi connectivity index (χ0v) is 32.1. The zero-order chi connectivity index (χ0) is 39.5. The molecule has 2 heterocycles. The van der Waals surface area contributed by atoms with E-state index in [4.69, 9.17) is 13.8 Å². The molecule has 10 aromatic rings. The van der Waals surface area contributed by atoms with Crippen LogP contribution in [-0.4, -0.2) is 18.8 Å². The van der Waals surface area contributed by atoms with E-state index in [1.165, 1.54) is 21.9 Å². The first-order chi connectivity index (χ1) is 29.2. The highest BCUT2D eigenvalue weighted by molar-refractivity contribution is 6.23. The highest BCUT2D eigenvalue weighted by Crippen LogP contribution is 2.41. The highest BCUT2D eigenvalue weighted by atomic mass is 16.3. The summed E-state index contributed by atoms with van der Waals surface area (Å²) in [7, 11) is 0. The van der Waals surface area contributed by atoms with Crippen molar-refractivity contribution in [3.05, 3.63) is 205 Å². The van der Waals surface area contributed by atoms with Crippen LogP contribution in [0.15, 0.2) is 212 Å². The van der Waals surface area contributed by atoms with Crippen LogP contribution in [0.5, 0.6) is 0 Å². The van der Waals surface area contributed by atoms with Crippen molar-refractivity contribution in [3.63, 3.8) is 0 Å². The summed E-state index contributed by atoms with van der Waals surface area (Å²) < 4.78 is 13.0. The number of amidine groups is 1. The molecule has 0 amide bonds. The van der Waals surface area contributed by atoms with E-state index in [0.29, 0.717) is 29.4 Å². The summed E-state index contributed by atoms with van der Waals surface area (Å²) in [6.45, 7) is 4.59. The molecule has 0 aliphatic carbocycles. The summed E-state index contributed by atoms with van der Waals surface area (Å²) in [5.41, 5.74) is 9.34. The molecular weight excluding hydrogens is 723 g/mol. The number of nitrogens with zero attached hydrogens (tertiary/aromatic N) is 3. The van der Waals surface area contributed by atoms with Gasteiger partial charge in [-0.2, -0.15) is 0 Å². The van der Waals surface area contributed by atoms with Gasteiger partial charge in [0.25, 0.3) is 0 Å². The average molecular weight is 760 g/mol. The van der Waals surface area contributed by atoms with Crippen LogP contribution in [0.2, 0.25) is 0 Å². The van der Waals surface area contributed by atoms with Crippen molar-refractivity contribution in [1.29, 1.82) is 0 Å². The van der Waals surface area contributed by atoms with E-state index < -0.39 is 0 Å². The predicted octanol–water partition coefficient (Wildman–Crippen LogP) is 14.6. The highest BCUT2D eigenvalue weighted by Gasteiger charge is 2.20. The fraction of sp³-hybridized carbons (Fsp3) is 0.0185. The Balaban J connectivity index is 0.958. The second-order valence-corrected chi connectivity index (χ2v) is 14.4. The van der Waals surface area contributed by atoms with E-state index in [1.807, 2.05) is 85.1 Å². The van der Waals surface area contributed by atoms with E-state index in [-0.39, 0.29) is 0 Å². The summed E-state index contributed by atoms with van der Waals surface area (Å²) in [5, 5.41) is 7.62. The van der Waals surface area contributed by atoms with Crippen molar-refractivity contribution in [1.82, 2.24) is 0 Å². The Morgan fingerprint density at radius 2 is 1.24 bits per heavy atom. The molecule has 0 saturated carbocycles. The Bertz CT molecular complexity index is 3310. The Kier molecular flexibility index (Phi) is 9.37. The van der Waals surface area contributed by atoms with Crippen molar-refractivity contribution in [3.8, 4) is 22.3 Å². The quantitative estimate of drug-likeness (QED) is 0.0836. The Hall–Kier alpha value is -7.89. The van der Waals surface area contributed by atoms with Crippen molar-refractivity contribution in [2.75, 3.05) is 0 Å². The molecule has 0 saturated heterocycles. The molecule has 5 nitrogen and oxygen atoms in total. The summed E-state index contributed by atoms with van der Waals surface area (Å²) in [6.07, 6.45) is 9.53. The lowest BCUT2D eigenvalue weighted by Gasteiger charge is -2.08. The molecule has 280 valence electrons. The first kappa shape index (κ1) is 35.5. The van der Waals surface area contributed by atoms with E-state index in [2.05, 4.69) is 132 Å². The minimum Gasteiger partial charge on any atom is -0.455 e. The van der Waals surface area contributed by atoms with Crippen molar-refractivity contribution < 1.29 is 8.83 Å². The minimum absolute atomic E-state index is 0.436. The maximum Gasteiger partial charge on any atom is 0.163 e. The number of furan rings is 2. The van der Waals surface area contributed by atoms with Crippen molar-refractivity contribution in [2.24, 2.45) is 15.0 Å². The number of rotatable bonds is 9. The first-order valence-electron chi connectivity index (χ1n) is 19.6. The van der Waals surface area contributed by atoms with Gasteiger partial charge in [-0.1, -0.05) is 140 Å². The fourth-order valence-corrected chi connectivity index (χ4v) is 7.86. The van der Waals surface area contributed by atoms with Gasteiger partial charge < -0.3 is 8.83 Å². The van der Waals surface area contributed by atoms with Crippen LogP contribution in [0, 0.1) is 0 Å². The Morgan fingerprint density at radius 1 is 0.525 bits per heavy atom. The van der Waals surface area contributed by atoms with Crippen molar-refractivity contribution >= 4 is 85.0 Å². The van der Waals surface area contributed by atoms with E-state index in [9.17, 15) is 0 Å². The van der Waals surface area contributed by atoms with Gasteiger partial charge in [0.1, 0.15) is 22.4 Å². The fourth-order valence-electron chi connectivity index (χ4n) is 7.86. The molecule has 0 unspecified atom stereocenters. The maximum absolute atomic E-state index is 6.65. The summed E-state index contributed by atoms with van der Waals surface area (Å²) in [6, 6.07) is 58.7. The lowest BCUT2D eigenvalue weighted by Crippen LogP contribution is -1.98. The number of para-hydroxylation sites is 1. The van der Waals surface area contributed by atoms with E-state index in [0.717, 1.165) is 60.4 Å². The van der Waals surface area contributed by atoms with Crippen LogP contribution in [0.1, 0.15) is 16.9 Å². The molecule has 0 spiro atoms. The molecule has 8 aromatic carbocycles. The lowest BCUT2D eigenvalue weighted by atomic mass is 9.97. The lowest BCUT2D eigenvalue weighted by molar-refractivity contribution is 0.605. The first-order valence-corrected chi connectivity index (χ1v) is 19.6. The summed E-state index contributed by atoms with van der Waals surface area (Å²) >= 11 is 0. The maximum atomic E-state index is 6.65. The monoisotopic (exact) mass is 759 g/mol. The number of allylic oxidation sites excluding steroid dienone is 3. The molecule has 10 rings (SSSR count). The second kappa shape index (κ2) is 15.6. The molecule has 0 atom stereocenters. The number of aliphatic imine (C=N–C) groups is 3. The Labute approximate surface area is 341 Å². The van der Waals surface area contributed by atoms with Gasteiger partial charge in [-0.05, 0) is 111 Å². The van der Waals surface area contributed by atoms with Gasteiger partial charge >= 0.3 is 0 Å². The molecule has 59 heavy (non-hydrogen) atoms. The topological polar surface area (TPSA) is 63.4 Å². The normalized spacial score (nSPS) is 12.4. The van der Waals surface area contributed by atoms with Crippen LogP contribution >= 0.6 is 0 Å². The van der Waals surface area contributed by atoms with Crippen LogP contribution in [0.25, 0.3) is 82.8 Å². The van der Waals surface area contributed by atoms with Crippen LogP contribution in [0.3, 0.4) is 0 Å². The SMILES string of the molecule is C=NC(=Nc1c(/C=C\C=C\C=NCc2ccc3cc(-c4ccccc4)ccc3c2)oc2ccccc12)c1cc(-c2ccccc2)cc2c1oc1ccc3ccccc3c12. The van der Waals surface area contributed by atoms with Crippen LogP contribution in [0.4, 0.5) is 5.69 Å². The number of benzene rings is 8. The van der Waals surface area contributed by atoms with Gasteiger partial charge in [-0.15, -0.1) is 0 Å². The van der Waals surface area contributed by atoms with Gasteiger partial charge in [0.05, 0.1) is 12.1 Å². The molecule has 0 bridgehead atoms. The smallest absolute Gasteiger partial charge is 0.163 e. The largest absolute Gasteiger partial charge is 0.455 e. The molecule has 0 radical (unpaired) electrons. The second-order valence-electron chi connectivity index (χ2n) is 14.4. The number of fused-ring (bicyclic) bond motifs is 7. The molecule has 5 heteroatoms. The van der Waals surface area contributed by atoms with Crippen LogP contribution in [-0.2, 0) is 6.54 Å². The standard InChI is InChI=1S/C54H37N3O2/c1-55-54(47-34-43(38-17-7-3-8-18-38)33-46-51-44-20-11-10-19-39(44)28-29-49(51)59-53(46)47)57-52-45-21-12-13-22-48(45)58-50(52)23-9-4-14-30-56-35-36-24-25-42-32-41(27-26-40(42)31-36)37-15-5-2-6-16-37/h2-34H,1,35H2/b14-4+,23-9-,56-30?,57-54?. The molecular formula is C54H37N3O2. The van der Waals surface area contributed by atoms with E-state index >= 15 is 0 Å². The van der Waals surface area contributed by atoms with E-state index in [1.54, 1.807) is 0 Å². The van der Waals surface area contributed by atoms with Gasteiger partial charge in [0, 0.05) is 22.4 Å². The number of hydrogen-bond donors (Lipinski definition) is 0. The zero-order valence-electron chi connectivity index (χ0n) is 32.1. The van der Waals surface area contributed by atoms with Gasteiger partial charge in [0.15, 0.2) is 11.6 Å². The van der Waals surface area contributed by atoms with Gasteiger partial charge in [-0.3, -0.25) is 4.99 Å².